The lowest BCUT2D eigenvalue weighted by atomic mass is 10.2. The predicted octanol–water partition coefficient (Wildman–Crippen LogP) is 3.04. The van der Waals surface area contributed by atoms with Crippen LogP contribution >= 0.6 is 0 Å². The minimum Gasteiger partial charge on any atom is -0.489 e. The number of nitrogens with zero attached hydrogens (tertiary/aromatic N) is 4. The molecule has 0 radical (unpaired) electrons. The number of ether oxygens (including phenoxy) is 1. The van der Waals surface area contributed by atoms with Crippen LogP contribution in [-0.4, -0.2) is 19.7 Å². The Balaban J connectivity index is 1.59. The molecule has 0 unspecified atom stereocenters. The molecule has 2 N–H and O–H groups in total. The van der Waals surface area contributed by atoms with Crippen molar-refractivity contribution in [1.82, 2.24) is 19.7 Å². The van der Waals surface area contributed by atoms with Gasteiger partial charge in [0.25, 0.3) is 0 Å². The second-order valence-corrected chi connectivity index (χ2v) is 5.68. The monoisotopic (exact) mass is 331 g/mol. The standard InChI is InChI=1S/C19H17N5O/c20-18-16-10-23-24(19(16)22-13-21-18)11-15-8-4-5-9-17(15)25-12-14-6-2-1-3-7-14/h1-10,13H,11-12H2,(H2,20,21,22). The molecule has 0 fully saturated rings. The van der Waals surface area contributed by atoms with E-state index in [1.807, 2.05) is 54.6 Å². The topological polar surface area (TPSA) is 78.9 Å². The molecule has 0 spiro atoms. The molecule has 6 nitrogen and oxygen atoms in total. The van der Waals surface area contributed by atoms with E-state index in [0.717, 1.165) is 22.3 Å². The van der Waals surface area contributed by atoms with Gasteiger partial charge in [0, 0.05) is 5.56 Å². The third-order valence-electron chi connectivity index (χ3n) is 3.99. The fourth-order valence-corrected chi connectivity index (χ4v) is 2.70. The first-order valence-electron chi connectivity index (χ1n) is 7.98. The lowest BCUT2D eigenvalue weighted by molar-refractivity contribution is 0.302. The Bertz CT molecular complexity index is 997. The van der Waals surface area contributed by atoms with Crippen molar-refractivity contribution in [2.24, 2.45) is 0 Å². The molecule has 0 saturated carbocycles. The van der Waals surface area contributed by atoms with Crippen molar-refractivity contribution >= 4 is 16.9 Å². The molecule has 2 aromatic carbocycles. The van der Waals surface area contributed by atoms with Gasteiger partial charge in [-0.3, -0.25) is 0 Å². The van der Waals surface area contributed by atoms with Crippen LogP contribution in [0.5, 0.6) is 5.75 Å². The molecule has 124 valence electrons. The summed E-state index contributed by atoms with van der Waals surface area (Å²) in [4.78, 5) is 8.29. The van der Waals surface area contributed by atoms with E-state index >= 15 is 0 Å². The Morgan fingerprint density at radius 3 is 2.64 bits per heavy atom. The number of hydrogen-bond acceptors (Lipinski definition) is 5. The van der Waals surface area contributed by atoms with Gasteiger partial charge in [0.2, 0.25) is 0 Å². The first-order valence-corrected chi connectivity index (χ1v) is 7.98. The second-order valence-electron chi connectivity index (χ2n) is 5.68. The number of nitrogens with two attached hydrogens (primary N) is 1. The largest absolute Gasteiger partial charge is 0.489 e. The molecule has 0 aliphatic heterocycles. The molecule has 4 rings (SSSR count). The van der Waals surface area contributed by atoms with Gasteiger partial charge in [-0.1, -0.05) is 48.5 Å². The predicted molar refractivity (Wildman–Crippen MR) is 96.1 cm³/mol. The smallest absolute Gasteiger partial charge is 0.163 e. The maximum absolute atomic E-state index is 6.01. The zero-order valence-corrected chi connectivity index (χ0v) is 13.5. The van der Waals surface area contributed by atoms with Gasteiger partial charge in [0.15, 0.2) is 5.65 Å². The molecule has 0 aliphatic rings. The lowest BCUT2D eigenvalue weighted by Crippen LogP contribution is -2.06. The first kappa shape index (κ1) is 15.1. The Labute approximate surface area is 144 Å². The van der Waals surface area contributed by atoms with Crippen LogP contribution in [0.15, 0.2) is 67.1 Å². The number of nitrogen functional groups attached to an aromatic ring is 1. The van der Waals surface area contributed by atoms with Crippen molar-refractivity contribution in [1.29, 1.82) is 0 Å². The summed E-state index contributed by atoms with van der Waals surface area (Å²) in [5, 5.41) is 5.14. The van der Waals surface area contributed by atoms with Crippen LogP contribution in [0, 0.1) is 0 Å². The van der Waals surface area contributed by atoms with E-state index in [9.17, 15) is 0 Å². The summed E-state index contributed by atoms with van der Waals surface area (Å²) in [5.41, 5.74) is 8.74. The van der Waals surface area contributed by atoms with E-state index in [0.29, 0.717) is 24.6 Å². The van der Waals surface area contributed by atoms with E-state index in [4.69, 9.17) is 10.5 Å². The number of anilines is 1. The fourth-order valence-electron chi connectivity index (χ4n) is 2.70. The maximum Gasteiger partial charge on any atom is 0.163 e. The number of para-hydroxylation sites is 1. The number of rotatable bonds is 5. The summed E-state index contributed by atoms with van der Waals surface area (Å²) in [6.45, 7) is 1.07. The summed E-state index contributed by atoms with van der Waals surface area (Å²) >= 11 is 0. The molecular weight excluding hydrogens is 314 g/mol. The molecular formula is C19H17N5O. The maximum atomic E-state index is 6.01. The van der Waals surface area contributed by atoms with Crippen LogP contribution in [0.1, 0.15) is 11.1 Å². The van der Waals surface area contributed by atoms with Gasteiger partial charge in [-0.25, -0.2) is 14.6 Å². The van der Waals surface area contributed by atoms with E-state index in [1.165, 1.54) is 6.33 Å². The average Bonchev–Trinajstić information content (AvgIpc) is 3.06. The Hall–Kier alpha value is -3.41. The highest BCUT2D eigenvalue weighted by Gasteiger charge is 2.10. The highest BCUT2D eigenvalue weighted by atomic mass is 16.5. The van der Waals surface area contributed by atoms with Gasteiger partial charge < -0.3 is 10.5 Å². The molecule has 6 heteroatoms. The summed E-state index contributed by atoms with van der Waals surface area (Å²) in [7, 11) is 0. The third-order valence-corrected chi connectivity index (χ3v) is 3.99. The van der Waals surface area contributed by atoms with Gasteiger partial charge >= 0.3 is 0 Å². The van der Waals surface area contributed by atoms with Gasteiger partial charge in [0.05, 0.1) is 18.1 Å². The van der Waals surface area contributed by atoms with Crippen LogP contribution in [-0.2, 0) is 13.2 Å². The molecule has 2 aromatic heterocycles. The Kier molecular flexibility index (Phi) is 4.00. The number of benzene rings is 2. The average molecular weight is 331 g/mol. The molecule has 0 bridgehead atoms. The number of hydrogen-bond donors (Lipinski definition) is 1. The van der Waals surface area contributed by atoms with Crippen molar-refractivity contribution in [3.63, 3.8) is 0 Å². The van der Waals surface area contributed by atoms with Crippen LogP contribution in [0.3, 0.4) is 0 Å². The Morgan fingerprint density at radius 2 is 1.76 bits per heavy atom. The highest BCUT2D eigenvalue weighted by molar-refractivity contribution is 5.84. The van der Waals surface area contributed by atoms with Gasteiger partial charge in [-0.15, -0.1) is 0 Å². The second kappa shape index (κ2) is 6.60. The van der Waals surface area contributed by atoms with Gasteiger partial charge in [-0.2, -0.15) is 5.10 Å². The van der Waals surface area contributed by atoms with Crippen LogP contribution in [0.4, 0.5) is 5.82 Å². The molecule has 0 atom stereocenters. The molecule has 0 aliphatic carbocycles. The molecule has 0 saturated heterocycles. The summed E-state index contributed by atoms with van der Waals surface area (Å²) in [5.74, 6) is 1.27. The van der Waals surface area contributed by atoms with E-state index in [-0.39, 0.29) is 0 Å². The SMILES string of the molecule is Nc1ncnc2c1cnn2Cc1ccccc1OCc1ccccc1. The van der Waals surface area contributed by atoms with E-state index in [2.05, 4.69) is 15.1 Å². The highest BCUT2D eigenvalue weighted by Crippen LogP contribution is 2.23. The van der Waals surface area contributed by atoms with Crippen molar-refractivity contribution in [3.05, 3.63) is 78.2 Å². The third kappa shape index (κ3) is 3.14. The van der Waals surface area contributed by atoms with Gasteiger partial charge in [0.1, 0.15) is 24.5 Å². The number of fused-ring (bicyclic) bond motifs is 1. The number of aromatic nitrogens is 4. The minimum atomic E-state index is 0.435. The van der Waals surface area contributed by atoms with Crippen LogP contribution < -0.4 is 10.5 Å². The summed E-state index contributed by atoms with van der Waals surface area (Å²) < 4.78 is 7.81. The zero-order chi connectivity index (χ0) is 17.1. The summed E-state index contributed by atoms with van der Waals surface area (Å²) in [6, 6.07) is 18.0. The van der Waals surface area contributed by atoms with Crippen molar-refractivity contribution in [2.45, 2.75) is 13.2 Å². The summed E-state index contributed by atoms with van der Waals surface area (Å²) in [6.07, 6.45) is 3.14. The molecule has 0 amide bonds. The van der Waals surface area contributed by atoms with Crippen molar-refractivity contribution in [3.8, 4) is 5.75 Å². The van der Waals surface area contributed by atoms with E-state index in [1.54, 1.807) is 10.9 Å². The molecule has 25 heavy (non-hydrogen) atoms. The molecule has 2 heterocycles. The van der Waals surface area contributed by atoms with Crippen LogP contribution in [0.25, 0.3) is 11.0 Å². The quantitative estimate of drug-likeness (QED) is 0.608. The first-order chi connectivity index (χ1) is 12.3. The minimum absolute atomic E-state index is 0.435. The van der Waals surface area contributed by atoms with E-state index < -0.39 is 0 Å². The zero-order valence-electron chi connectivity index (χ0n) is 13.5. The van der Waals surface area contributed by atoms with Crippen molar-refractivity contribution < 1.29 is 4.74 Å². The Morgan fingerprint density at radius 1 is 0.960 bits per heavy atom. The normalized spacial score (nSPS) is 10.9. The van der Waals surface area contributed by atoms with Crippen molar-refractivity contribution in [2.75, 3.05) is 5.73 Å². The lowest BCUT2D eigenvalue weighted by Gasteiger charge is -2.12. The fraction of sp³-hybridized carbons (Fsp3) is 0.105. The van der Waals surface area contributed by atoms with Crippen LogP contribution in [0.2, 0.25) is 0 Å². The van der Waals surface area contributed by atoms with Gasteiger partial charge in [-0.05, 0) is 11.6 Å². The molecule has 4 aromatic rings.